The third kappa shape index (κ3) is 2.22. The standard InChI is InChI=1S/C13H13BrN4O2/c1-8-6-9(2-3-10(8)14)11-15-16-17-18(11)7-13(4-5-13)12(19)20/h2-3,6H,4-5,7H2,1H3,(H,19,20). The summed E-state index contributed by atoms with van der Waals surface area (Å²) in [7, 11) is 0. The van der Waals surface area contributed by atoms with E-state index in [1.807, 2.05) is 25.1 Å². The quantitative estimate of drug-likeness (QED) is 0.926. The van der Waals surface area contributed by atoms with Gasteiger partial charge in [0, 0.05) is 10.0 Å². The van der Waals surface area contributed by atoms with Gasteiger partial charge in [-0.1, -0.05) is 15.9 Å². The van der Waals surface area contributed by atoms with Gasteiger partial charge in [0.15, 0.2) is 5.82 Å². The fourth-order valence-corrected chi connectivity index (χ4v) is 2.43. The van der Waals surface area contributed by atoms with Gasteiger partial charge in [-0.25, -0.2) is 4.68 Å². The predicted molar refractivity (Wildman–Crippen MR) is 75.0 cm³/mol. The minimum absolute atomic E-state index is 0.319. The largest absolute Gasteiger partial charge is 0.481 e. The number of carboxylic acid groups (broad SMARTS) is 1. The summed E-state index contributed by atoms with van der Waals surface area (Å²) in [5.74, 6) is -0.168. The lowest BCUT2D eigenvalue weighted by molar-refractivity contribution is -0.144. The lowest BCUT2D eigenvalue weighted by Gasteiger charge is -2.11. The number of benzene rings is 1. The number of hydrogen-bond donors (Lipinski definition) is 1. The van der Waals surface area contributed by atoms with Gasteiger partial charge in [-0.3, -0.25) is 4.79 Å². The summed E-state index contributed by atoms with van der Waals surface area (Å²) >= 11 is 3.45. The van der Waals surface area contributed by atoms with Crippen LogP contribution in [0.2, 0.25) is 0 Å². The van der Waals surface area contributed by atoms with Crippen molar-refractivity contribution in [2.75, 3.05) is 0 Å². The molecule has 20 heavy (non-hydrogen) atoms. The first kappa shape index (κ1) is 13.2. The number of hydrogen-bond acceptors (Lipinski definition) is 4. The minimum atomic E-state index is -0.772. The highest BCUT2D eigenvalue weighted by molar-refractivity contribution is 9.10. The number of aliphatic carboxylic acids is 1. The average Bonchev–Trinajstić information content (AvgIpc) is 3.05. The Morgan fingerprint density at radius 3 is 2.85 bits per heavy atom. The van der Waals surface area contributed by atoms with Crippen LogP contribution in [0.5, 0.6) is 0 Å². The van der Waals surface area contributed by atoms with Crippen molar-refractivity contribution in [2.45, 2.75) is 26.3 Å². The van der Waals surface area contributed by atoms with E-state index in [-0.39, 0.29) is 0 Å². The number of aromatic nitrogens is 4. The van der Waals surface area contributed by atoms with E-state index in [0.717, 1.165) is 15.6 Å². The molecule has 1 aliphatic carbocycles. The summed E-state index contributed by atoms with van der Waals surface area (Å²) in [6, 6.07) is 5.83. The Morgan fingerprint density at radius 1 is 1.50 bits per heavy atom. The van der Waals surface area contributed by atoms with Crippen molar-refractivity contribution in [3.05, 3.63) is 28.2 Å². The predicted octanol–water partition coefficient (Wildman–Crippen LogP) is 2.28. The Hall–Kier alpha value is -1.76. The van der Waals surface area contributed by atoms with Gasteiger partial charge in [-0.05, 0) is 54.0 Å². The molecule has 3 rings (SSSR count). The van der Waals surface area contributed by atoms with Crippen molar-refractivity contribution in [3.63, 3.8) is 0 Å². The first-order valence-electron chi connectivity index (χ1n) is 6.28. The maximum atomic E-state index is 11.3. The van der Waals surface area contributed by atoms with Crippen LogP contribution >= 0.6 is 15.9 Å². The first-order valence-corrected chi connectivity index (χ1v) is 7.07. The van der Waals surface area contributed by atoms with Crippen LogP contribution in [0.25, 0.3) is 11.4 Å². The van der Waals surface area contributed by atoms with Gasteiger partial charge < -0.3 is 5.11 Å². The second-order valence-corrected chi connectivity index (χ2v) is 6.06. The number of aryl methyl sites for hydroxylation is 1. The Morgan fingerprint density at radius 2 is 2.25 bits per heavy atom. The van der Waals surface area contributed by atoms with E-state index in [4.69, 9.17) is 0 Å². The number of nitrogens with zero attached hydrogens (tertiary/aromatic N) is 4. The number of halogens is 1. The highest BCUT2D eigenvalue weighted by Crippen LogP contribution is 2.47. The van der Waals surface area contributed by atoms with Crippen LogP contribution in [-0.2, 0) is 11.3 Å². The lowest BCUT2D eigenvalue weighted by Crippen LogP contribution is -2.22. The Bertz CT molecular complexity index is 679. The van der Waals surface area contributed by atoms with Gasteiger partial charge >= 0.3 is 5.97 Å². The molecule has 1 saturated carbocycles. The van der Waals surface area contributed by atoms with Gasteiger partial charge in [-0.2, -0.15) is 0 Å². The molecule has 0 spiro atoms. The van der Waals surface area contributed by atoms with E-state index in [1.54, 1.807) is 4.68 Å². The summed E-state index contributed by atoms with van der Waals surface area (Å²) in [6.07, 6.45) is 1.36. The maximum Gasteiger partial charge on any atom is 0.311 e. The number of rotatable bonds is 4. The molecule has 1 aromatic carbocycles. The molecule has 1 fully saturated rings. The Labute approximate surface area is 123 Å². The van der Waals surface area contributed by atoms with E-state index in [9.17, 15) is 9.90 Å². The van der Waals surface area contributed by atoms with Crippen molar-refractivity contribution in [1.82, 2.24) is 20.2 Å². The molecule has 0 atom stereocenters. The molecule has 0 amide bonds. The summed E-state index contributed by atoms with van der Waals surface area (Å²) < 4.78 is 2.61. The van der Waals surface area contributed by atoms with Crippen LogP contribution < -0.4 is 0 Å². The molecule has 0 unspecified atom stereocenters. The summed E-state index contributed by atoms with van der Waals surface area (Å²) in [4.78, 5) is 11.3. The van der Waals surface area contributed by atoms with Crippen LogP contribution in [-0.4, -0.2) is 31.3 Å². The molecule has 0 aliphatic heterocycles. The molecule has 1 N–H and O–H groups in total. The average molecular weight is 337 g/mol. The number of carbonyl (C=O) groups is 1. The molecular formula is C13H13BrN4O2. The zero-order valence-electron chi connectivity index (χ0n) is 10.9. The Kier molecular flexibility index (Phi) is 3.08. The lowest BCUT2D eigenvalue weighted by atomic mass is 10.1. The monoisotopic (exact) mass is 336 g/mol. The molecule has 1 aromatic heterocycles. The van der Waals surface area contributed by atoms with Crippen LogP contribution in [0.3, 0.4) is 0 Å². The van der Waals surface area contributed by atoms with Crippen molar-refractivity contribution >= 4 is 21.9 Å². The van der Waals surface area contributed by atoms with E-state index in [2.05, 4.69) is 31.5 Å². The van der Waals surface area contributed by atoms with Crippen LogP contribution in [0, 0.1) is 12.3 Å². The molecule has 0 radical (unpaired) electrons. The molecule has 2 aromatic rings. The molecular weight excluding hydrogens is 324 g/mol. The van der Waals surface area contributed by atoms with Gasteiger partial charge in [-0.15, -0.1) is 5.10 Å². The molecule has 104 valence electrons. The van der Waals surface area contributed by atoms with E-state index < -0.39 is 11.4 Å². The normalized spacial score (nSPS) is 16.1. The highest BCUT2D eigenvalue weighted by atomic mass is 79.9. The fourth-order valence-electron chi connectivity index (χ4n) is 2.18. The third-order valence-corrected chi connectivity index (χ3v) is 4.60. The van der Waals surface area contributed by atoms with E-state index in [1.165, 1.54) is 0 Å². The van der Waals surface area contributed by atoms with Gasteiger partial charge in [0.2, 0.25) is 0 Å². The molecule has 6 nitrogen and oxygen atoms in total. The minimum Gasteiger partial charge on any atom is -0.481 e. The van der Waals surface area contributed by atoms with Crippen LogP contribution in [0.1, 0.15) is 18.4 Å². The van der Waals surface area contributed by atoms with Gasteiger partial charge in [0.25, 0.3) is 0 Å². The maximum absolute atomic E-state index is 11.3. The van der Waals surface area contributed by atoms with Crippen LogP contribution in [0.15, 0.2) is 22.7 Å². The second kappa shape index (κ2) is 4.66. The topological polar surface area (TPSA) is 80.9 Å². The van der Waals surface area contributed by atoms with E-state index in [0.29, 0.717) is 25.2 Å². The van der Waals surface area contributed by atoms with Crippen LogP contribution in [0.4, 0.5) is 0 Å². The van der Waals surface area contributed by atoms with Gasteiger partial charge in [0.1, 0.15) is 0 Å². The summed E-state index contributed by atoms with van der Waals surface area (Å²) in [6.45, 7) is 2.31. The van der Waals surface area contributed by atoms with Crippen molar-refractivity contribution < 1.29 is 9.90 Å². The third-order valence-electron chi connectivity index (χ3n) is 3.71. The van der Waals surface area contributed by atoms with Crippen molar-refractivity contribution in [3.8, 4) is 11.4 Å². The van der Waals surface area contributed by atoms with E-state index >= 15 is 0 Å². The summed E-state index contributed by atoms with van der Waals surface area (Å²) in [5, 5.41) is 20.9. The molecule has 1 heterocycles. The van der Waals surface area contributed by atoms with Gasteiger partial charge in [0.05, 0.1) is 12.0 Å². The highest BCUT2D eigenvalue weighted by Gasteiger charge is 2.51. The molecule has 0 bridgehead atoms. The zero-order chi connectivity index (χ0) is 14.3. The fraction of sp³-hybridized carbons (Fsp3) is 0.385. The SMILES string of the molecule is Cc1cc(-c2nnnn2CC2(C(=O)O)CC2)ccc1Br. The second-order valence-electron chi connectivity index (χ2n) is 5.21. The zero-order valence-corrected chi connectivity index (χ0v) is 12.5. The van der Waals surface area contributed by atoms with Crippen molar-refractivity contribution in [1.29, 1.82) is 0 Å². The molecule has 1 aliphatic rings. The molecule has 0 saturated heterocycles. The number of tetrazole rings is 1. The Balaban J connectivity index is 1.94. The summed E-state index contributed by atoms with van der Waals surface area (Å²) in [5.41, 5.74) is 1.28. The van der Waals surface area contributed by atoms with Crippen molar-refractivity contribution in [2.24, 2.45) is 5.41 Å². The first-order chi connectivity index (χ1) is 9.52. The number of carboxylic acids is 1. The molecule has 7 heteroatoms. The smallest absolute Gasteiger partial charge is 0.311 e.